The van der Waals surface area contributed by atoms with Crippen molar-refractivity contribution in [2.45, 2.75) is 26.4 Å². The highest BCUT2D eigenvalue weighted by molar-refractivity contribution is 6.31. The lowest BCUT2D eigenvalue weighted by molar-refractivity contribution is -0.134. The van der Waals surface area contributed by atoms with Gasteiger partial charge in [-0.1, -0.05) is 11.6 Å². The molecule has 1 N–H and O–H groups in total. The molecule has 1 aliphatic rings. The topological polar surface area (TPSA) is 82.9 Å². The second-order valence-electron chi connectivity index (χ2n) is 8.13. The number of hydrogen-bond acceptors (Lipinski definition) is 5. The van der Waals surface area contributed by atoms with Crippen LogP contribution >= 0.6 is 11.6 Å². The van der Waals surface area contributed by atoms with Crippen molar-refractivity contribution in [3.8, 4) is 11.5 Å². The second kappa shape index (κ2) is 8.27. The van der Waals surface area contributed by atoms with Crippen molar-refractivity contribution in [1.29, 1.82) is 0 Å². The van der Waals surface area contributed by atoms with E-state index in [1.165, 1.54) is 0 Å². The minimum absolute atomic E-state index is 0.0329. The predicted octanol–water partition coefficient (Wildman–Crippen LogP) is 3.52. The zero-order chi connectivity index (χ0) is 22.2. The Kier molecular flexibility index (Phi) is 5.30. The van der Waals surface area contributed by atoms with Gasteiger partial charge in [0, 0.05) is 55.0 Å². The molecule has 32 heavy (non-hydrogen) atoms. The van der Waals surface area contributed by atoms with Gasteiger partial charge in [0.15, 0.2) is 11.5 Å². The zero-order valence-electron chi connectivity index (χ0n) is 18.0. The third-order valence-corrected chi connectivity index (χ3v) is 6.39. The molecule has 4 heterocycles. The standard InChI is InChI=1S/C23H24ClN7O/c1-15-12-17(5-6-19(15)24)29-10-11-30(16(2)13-29)20(32)14-31-23-18(4-3-7-27-23)21(28-31)22-25-8-9-26-22/h3-9,12,16H,10-11,13-14H2,1-2H3,(H,25,26)/t16-/m0/s1. The van der Waals surface area contributed by atoms with E-state index < -0.39 is 0 Å². The van der Waals surface area contributed by atoms with E-state index >= 15 is 0 Å². The van der Waals surface area contributed by atoms with Gasteiger partial charge in [0.25, 0.3) is 0 Å². The van der Waals surface area contributed by atoms with E-state index in [2.05, 4.69) is 37.9 Å². The average molecular weight is 450 g/mol. The quantitative estimate of drug-likeness (QED) is 0.515. The molecule has 5 rings (SSSR count). The number of pyridine rings is 1. The van der Waals surface area contributed by atoms with Crippen molar-refractivity contribution < 1.29 is 4.79 Å². The SMILES string of the molecule is Cc1cc(N2CCN(C(=O)Cn3nc(-c4ncc[nH]4)c4cccnc43)[C@@H](C)C2)ccc1Cl. The Hall–Kier alpha value is -3.39. The van der Waals surface area contributed by atoms with Gasteiger partial charge in [0.2, 0.25) is 5.91 Å². The van der Waals surface area contributed by atoms with Crippen LogP contribution in [-0.4, -0.2) is 61.2 Å². The summed E-state index contributed by atoms with van der Waals surface area (Å²) in [6.45, 7) is 6.42. The van der Waals surface area contributed by atoms with Gasteiger partial charge in [0.05, 0.1) is 5.39 Å². The van der Waals surface area contributed by atoms with Gasteiger partial charge in [-0.3, -0.25) is 4.79 Å². The first-order chi connectivity index (χ1) is 15.5. The second-order valence-corrected chi connectivity index (χ2v) is 8.54. The summed E-state index contributed by atoms with van der Waals surface area (Å²) in [7, 11) is 0. The Balaban J connectivity index is 1.34. The summed E-state index contributed by atoms with van der Waals surface area (Å²) in [6.07, 6.45) is 5.16. The fourth-order valence-electron chi connectivity index (χ4n) is 4.30. The van der Waals surface area contributed by atoms with Gasteiger partial charge in [-0.15, -0.1) is 0 Å². The lowest BCUT2D eigenvalue weighted by atomic mass is 10.1. The fraction of sp³-hybridized carbons (Fsp3) is 0.304. The zero-order valence-corrected chi connectivity index (χ0v) is 18.8. The van der Waals surface area contributed by atoms with E-state index in [4.69, 9.17) is 11.6 Å². The van der Waals surface area contributed by atoms with E-state index in [-0.39, 0.29) is 18.5 Å². The van der Waals surface area contributed by atoms with Crippen LogP contribution in [0.15, 0.2) is 48.9 Å². The molecule has 0 spiro atoms. The van der Waals surface area contributed by atoms with Crippen molar-refractivity contribution in [1.82, 2.24) is 29.6 Å². The lowest BCUT2D eigenvalue weighted by Gasteiger charge is -2.41. The summed E-state index contributed by atoms with van der Waals surface area (Å²) in [5, 5.41) is 6.30. The molecule has 4 aromatic rings. The van der Waals surface area contributed by atoms with E-state index in [0.29, 0.717) is 23.7 Å². The summed E-state index contributed by atoms with van der Waals surface area (Å²) >= 11 is 6.18. The third kappa shape index (κ3) is 3.71. The molecule has 8 nitrogen and oxygen atoms in total. The van der Waals surface area contributed by atoms with Crippen molar-refractivity contribution in [3.63, 3.8) is 0 Å². The van der Waals surface area contributed by atoms with Crippen LogP contribution in [0.1, 0.15) is 12.5 Å². The number of H-pyrrole nitrogens is 1. The summed E-state index contributed by atoms with van der Waals surface area (Å²) in [4.78, 5) is 29.3. The van der Waals surface area contributed by atoms with Gasteiger partial charge in [0.1, 0.15) is 12.2 Å². The Bertz CT molecular complexity index is 1270. The molecule has 1 aromatic carbocycles. The van der Waals surface area contributed by atoms with Gasteiger partial charge >= 0.3 is 0 Å². The summed E-state index contributed by atoms with van der Waals surface area (Å²) in [5.41, 5.74) is 3.56. The number of halogens is 1. The van der Waals surface area contributed by atoms with Crippen LogP contribution in [0.4, 0.5) is 5.69 Å². The normalized spacial score (nSPS) is 16.7. The van der Waals surface area contributed by atoms with Crippen LogP contribution in [-0.2, 0) is 11.3 Å². The van der Waals surface area contributed by atoms with Gasteiger partial charge in [-0.25, -0.2) is 14.6 Å². The number of aromatic nitrogens is 5. The van der Waals surface area contributed by atoms with Crippen LogP contribution < -0.4 is 4.90 Å². The maximum Gasteiger partial charge on any atom is 0.244 e. The first kappa shape index (κ1) is 20.5. The number of nitrogens with one attached hydrogen (secondary N) is 1. The summed E-state index contributed by atoms with van der Waals surface area (Å²) < 4.78 is 1.68. The van der Waals surface area contributed by atoms with Gasteiger partial charge < -0.3 is 14.8 Å². The number of carbonyl (C=O) groups excluding carboxylic acids is 1. The van der Waals surface area contributed by atoms with Crippen LogP contribution in [0, 0.1) is 6.92 Å². The van der Waals surface area contributed by atoms with E-state index in [0.717, 1.165) is 34.7 Å². The molecule has 1 aliphatic heterocycles. The molecule has 0 saturated carbocycles. The van der Waals surface area contributed by atoms with Crippen molar-refractivity contribution in [2.75, 3.05) is 24.5 Å². The molecular formula is C23H24ClN7O. The number of aryl methyl sites for hydroxylation is 1. The van der Waals surface area contributed by atoms with Crippen LogP contribution in [0.3, 0.4) is 0 Å². The maximum atomic E-state index is 13.2. The van der Waals surface area contributed by atoms with Crippen LogP contribution in [0.2, 0.25) is 5.02 Å². The number of rotatable bonds is 4. The first-order valence-electron chi connectivity index (χ1n) is 10.6. The van der Waals surface area contributed by atoms with Gasteiger partial charge in [-0.2, -0.15) is 5.10 Å². The number of piperazine rings is 1. The highest BCUT2D eigenvalue weighted by atomic mass is 35.5. The van der Waals surface area contributed by atoms with Crippen molar-refractivity contribution in [3.05, 3.63) is 59.5 Å². The van der Waals surface area contributed by atoms with Gasteiger partial charge in [-0.05, 0) is 49.7 Å². The Morgan fingerprint density at radius 2 is 2.09 bits per heavy atom. The first-order valence-corrected chi connectivity index (χ1v) is 11.0. The molecule has 1 saturated heterocycles. The molecule has 0 aliphatic carbocycles. The summed E-state index contributed by atoms with van der Waals surface area (Å²) in [5.74, 6) is 0.694. The molecule has 0 unspecified atom stereocenters. The minimum atomic E-state index is 0.0329. The monoisotopic (exact) mass is 449 g/mol. The molecule has 1 amide bonds. The minimum Gasteiger partial charge on any atom is -0.368 e. The van der Waals surface area contributed by atoms with E-state index in [1.54, 1.807) is 23.3 Å². The van der Waals surface area contributed by atoms with Crippen LogP contribution in [0.25, 0.3) is 22.6 Å². The fourth-order valence-corrected chi connectivity index (χ4v) is 4.41. The van der Waals surface area contributed by atoms with Crippen molar-refractivity contribution >= 4 is 34.2 Å². The molecule has 0 radical (unpaired) electrons. The largest absolute Gasteiger partial charge is 0.368 e. The smallest absolute Gasteiger partial charge is 0.244 e. The Morgan fingerprint density at radius 3 is 2.84 bits per heavy atom. The van der Waals surface area contributed by atoms with E-state index in [1.807, 2.05) is 36.1 Å². The number of carbonyl (C=O) groups is 1. The summed E-state index contributed by atoms with van der Waals surface area (Å²) in [6, 6.07) is 9.96. The number of imidazole rings is 1. The molecule has 1 fully saturated rings. The number of amides is 1. The van der Waals surface area contributed by atoms with E-state index in [9.17, 15) is 4.79 Å². The number of hydrogen-bond donors (Lipinski definition) is 1. The number of fused-ring (bicyclic) bond motifs is 1. The molecule has 164 valence electrons. The molecule has 0 bridgehead atoms. The number of anilines is 1. The molecule has 1 atom stereocenters. The number of nitrogens with zero attached hydrogens (tertiary/aromatic N) is 6. The van der Waals surface area contributed by atoms with Crippen LogP contribution in [0.5, 0.6) is 0 Å². The maximum absolute atomic E-state index is 13.2. The molecular weight excluding hydrogens is 426 g/mol. The average Bonchev–Trinajstić information content (AvgIpc) is 3.44. The number of aromatic amines is 1. The highest BCUT2D eigenvalue weighted by Crippen LogP contribution is 2.26. The third-order valence-electron chi connectivity index (χ3n) is 5.97. The lowest BCUT2D eigenvalue weighted by Crippen LogP contribution is -2.54. The highest BCUT2D eigenvalue weighted by Gasteiger charge is 2.28. The molecule has 9 heteroatoms. The Morgan fingerprint density at radius 1 is 1.22 bits per heavy atom. The van der Waals surface area contributed by atoms with Crippen molar-refractivity contribution in [2.24, 2.45) is 0 Å². The number of benzene rings is 1. The molecule has 3 aromatic heterocycles. The Labute approximate surface area is 190 Å². The predicted molar refractivity (Wildman–Crippen MR) is 125 cm³/mol.